The summed E-state index contributed by atoms with van der Waals surface area (Å²) in [6.45, 7) is 0. The number of nitrogens with zero attached hydrogens (tertiary/aromatic N) is 2. The summed E-state index contributed by atoms with van der Waals surface area (Å²) in [7, 11) is 0. The van der Waals surface area contributed by atoms with Crippen LogP contribution in [-0.2, 0) is 0 Å². The molecular formula is C16H9BrN2O2. The highest BCUT2D eigenvalue weighted by atomic mass is 79.9. The number of hydrogen-bond acceptors (Lipinski definition) is 3. The zero-order valence-corrected chi connectivity index (χ0v) is 12.4. The molecule has 0 radical (unpaired) electrons. The second-order valence-corrected chi connectivity index (χ2v) is 5.62. The van der Waals surface area contributed by atoms with Crippen molar-refractivity contribution in [2.24, 2.45) is 0 Å². The molecule has 0 aliphatic rings. The number of benzene rings is 2. The van der Waals surface area contributed by atoms with E-state index in [1.807, 2.05) is 36.4 Å². The van der Waals surface area contributed by atoms with Crippen LogP contribution in [0.4, 0.5) is 0 Å². The topological polar surface area (TPSA) is 48.0 Å². The van der Waals surface area contributed by atoms with E-state index in [0.717, 1.165) is 10.2 Å². The molecular weight excluding hydrogens is 332 g/mol. The maximum absolute atomic E-state index is 12.5. The van der Waals surface area contributed by atoms with Crippen LogP contribution in [0.25, 0.3) is 27.8 Å². The van der Waals surface area contributed by atoms with E-state index in [1.165, 1.54) is 0 Å². The van der Waals surface area contributed by atoms with Gasteiger partial charge in [0.15, 0.2) is 0 Å². The van der Waals surface area contributed by atoms with E-state index in [1.54, 1.807) is 23.0 Å². The van der Waals surface area contributed by atoms with Gasteiger partial charge in [-0.05, 0) is 30.3 Å². The van der Waals surface area contributed by atoms with E-state index < -0.39 is 0 Å². The Balaban J connectivity index is 2.06. The van der Waals surface area contributed by atoms with Gasteiger partial charge in [-0.2, -0.15) is 0 Å². The molecule has 0 unspecified atom stereocenters. The molecule has 0 spiro atoms. The third kappa shape index (κ3) is 1.97. The lowest BCUT2D eigenvalue weighted by Gasteiger charge is -1.97. The molecule has 4 aromatic rings. The summed E-state index contributed by atoms with van der Waals surface area (Å²) in [5.41, 5.74) is 1.68. The second-order valence-electron chi connectivity index (χ2n) is 4.70. The molecule has 4 rings (SSSR count). The highest BCUT2D eigenvalue weighted by Gasteiger charge is 2.12. The monoisotopic (exact) mass is 340 g/mol. The highest BCUT2D eigenvalue weighted by molar-refractivity contribution is 9.10. The minimum Gasteiger partial charge on any atom is -0.436 e. The van der Waals surface area contributed by atoms with Crippen LogP contribution >= 0.6 is 15.9 Å². The van der Waals surface area contributed by atoms with Gasteiger partial charge in [-0.25, -0.2) is 4.68 Å². The molecule has 0 atom stereocenters. The molecule has 102 valence electrons. The Hall–Kier alpha value is -2.40. The fraction of sp³-hybridized carbons (Fsp3) is 0. The van der Waals surface area contributed by atoms with Crippen LogP contribution in [0, 0.1) is 0 Å². The zero-order chi connectivity index (χ0) is 14.4. The van der Waals surface area contributed by atoms with Crippen LogP contribution < -0.4 is 5.43 Å². The summed E-state index contributed by atoms with van der Waals surface area (Å²) in [5.74, 6) is 0. The first-order valence-electron chi connectivity index (χ1n) is 6.39. The minimum atomic E-state index is -0.0686. The smallest absolute Gasteiger partial charge is 0.250 e. The van der Waals surface area contributed by atoms with Crippen LogP contribution in [0.2, 0.25) is 0 Å². The molecule has 0 aliphatic heterocycles. The lowest BCUT2D eigenvalue weighted by molar-refractivity contribution is 0.635. The maximum Gasteiger partial charge on any atom is 0.250 e. The Bertz CT molecular complexity index is 1020. The lowest BCUT2D eigenvalue weighted by atomic mass is 10.2. The molecule has 2 heterocycles. The van der Waals surface area contributed by atoms with Crippen molar-refractivity contribution < 1.29 is 4.42 Å². The number of rotatable bonds is 1. The lowest BCUT2D eigenvalue weighted by Crippen LogP contribution is -2.00. The third-order valence-corrected chi connectivity index (χ3v) is 3.83. The first kappa shape index (κ1) is 12.3. The van der Waals surface area contributed by atoms with Gasteiger partial charge < -0.3 is 4.42 Å². The van der Waals surface area contributed by atoms with Gasteiger partial charge in [0.25, 0.3) is 0 Å². The van der Waals surface area contributed by atoms with Crippen molar-refractivity contribution >= 4 is 38.0 Å². The van der Waals surface area contributed by atoms with E-state index in [-0.39, 0.29) is 5.43 Å². The second kappa shape index (κ2) is 4.56. The average Bonchev–Trinajstić information content (AvgIpc) is 2.92. The Labute approximate surface area is 127 Å². The summed E-state index contributed by atoms with van der Waals surface area (Å²) in [6, 6.07) is 15.0. The summed E-state index contributed by atoms with van der Waals surface area (Å²) >= 11 is 3.38. The molecule has 0 saturated heterocycles. The molecule has 0 N–H and O–H groups in total. The molecule has 2 aromatic carbocycles. The minimum absolute atomic E-state index is 0.0686. The van der Waals surface area contributed by atoms with Crippen molar-refractivity contribution in [3.8, 4) is 5.69 Å². The van der Waals surface area contributed by atoms with Crippen molar-refractivity contribution in [2.75, 3.05) is 0 Å². The standard InChI is InChI=1S/C16H9BrN2O2/c17-10-6-7-12-14(8-10)21-16-13(15(12)20)9-19(18-16)11-4-2-1-3-5-11/h1-9H. The molecule has 21 heavy (non-hydrogen) atoms. The summed E-state index contributed by atoms with van der Waals surface area (Å²) in [5, 5.41) is 5.39. The van der Waals surface area contributed by atoms with E-state index in [0.29, 0.717) is 22.1 Å². The van der Waals surface area contributed by atoms with Crippen LogP contribution in [-0.4, -0.2) is 9.78 Å². The number of hydrogen-bond donors (Lipinski definition) is 0. The Morgan fingerprint density at radius 2 is 1.86 bits per heavy atom. The first-order chi connectivity index (χ1) is 10.2. The predicted molar refractivity (Wildman–Crippen MR) is 84.8 cm³/mol. The van der Waals surface area contributed by atoms with E-state index in [2.05, 4.69) is 21.0 Å². The summed E-state index contributed by atoms with van der Waals surface area (Å²) in [4.78, 5) is 12.5. The van der Waals surface area contributed by atoms with E-state index >= 15 is 0 Å². The van der Waals surface area contributed by atoms with Crippen molar-refractivity contribution in [3.05, 3.63) is 69.4 Å². The average molecular weight is 341 g/mol. The normalized spacial score (nSPS) is 11.3. The molecule has 0 amide bonds. The van der Waals surface area contributed by atoms with Crippen molar-refractivity contribution in [3.63, 3.8) is 0 Å². The van der Waals surface area contributed by atoms with E-state index in [9.17, 15) is 4.79 Å². The predicted octanol–water partition coefficient (Wildman–Crippen LogP) is 3.89. The van der Waals surface area contributed by atoms with Gasteiger partial charge in [0.05, 0.1) is 11.1 Å². The first-order valence-corrected chi connectivity index (χ1v) is 7.19. The number of para-hydroxylation sites is 1. The summed E-state index contributed by atoms with van der Waals surface area (Å²) < 4.78 is 8.27. The zero-order valence-electron chi connectivity index (χ0n) is 10.8. The van der Waals surface area contributed by atoms with Crippen LogP contribution in [0.5, 0.6) is 0 Å². The third-order valence-electron chi connectivity index (χ3n) is 3.34. The molecule has 5 heteroatoms. The fourth-order valence-corrected chi connectivity index (χ4v) is 2.66. The van der Waals surface area contributed by atoms with Gasteiger partial charge in [-0.1, -0.05) is 34.1 Å². The fourth-order valence-electron chi connectivity index (χ4n) is 2.32. The van der Waals surface area contributed by atoms with Crippen molar-refractivity contribution in [1.82, 2.24) is 9.78 Å². The molecule has 0 bridgehead atoms. The van der Waals surface area contributed by atoms with Gasteiger partial charge in [0.1, 0.15) is 11.0 Å². The Morgan fingerprint density at radius 3 is 2.67 bits per heavy atom. The molecule has 2 aromatic heterocycles. The largest absolute Gasteiger partial charge is 0.436 e. The van der Waals surface area contributed by atoms with Crippen LogP contribution in [0.1, 0.15) is 0 Å². The molecule has 0 saturated carbocycles. The van der Waals surface area contributed by atoms with Crippen LogP contribution in [0.15, 0.2) is 68.4 Å². The Kier molecular flexibility index (Phi) is 2.68. The molecule has 0 aliphatic carbocycles. The quantitative estimate of drug-likeness (QED) is 0.528. The van der Waals surface area contributed by atoms with Crippen LogP contribution in [0.3, 0.4) is 0 Å². The Morgan fingerprint density at radius 1 is 1.05 bits per heavy atom. The number of aromatic nitrogens is 2. The van der Waals surface area contributed by atoms with Gasteiger partial charge in [-0.15, -0.1) is 5.10 Å². The summed E-state index contributed by atoms with van der Waals surface area (Å²) in [6.07, 6.45) is 1.71. The van der Waals surface area contributed by atoms with Crippen molar-refractivity contribution in [1.29, 1.82) is 0 Å². The van der Waals surface area contributed by atoms with E-state index in [4.69, 9.17) is 4.42 Å². The van der Waals surface area contributed by atoms with Gasteiger partial charge in [-0.3, -0.25) is 4.79 Å². The van der Waals surface area contributed by atoms with Crippen molar-refractivity contribution in [2.45, 2.75) is 0 Å². The number of fused-ring (bicyclic) bond motifs is 2. The van der Waals surface area contributed by atoms with Gasteiger partial charge in [0, 0.05) is 10.7 Å². The highest BCUT2D eigenvalue weighted by Crippen LogP contribution is 2.22. The maximum atomic E-state index is 12.5. The molecule has 4 nitrogen and oxygen atoms in total. The SMILES string of the molecule is O=c1c2ccc(Br)cc2oc2nn(-c3ccccc3)cc12. The number of halogens is 1. The molecule has 0 fully saturated rings. The van der Waals surface area contributed by atoms with Gasteiger partial charge >= 0.3 is 0 Å². The van der Waals surface area contributed by atoms with Gasteiger partial charge in [0.2, 0.25) is 11.1 Å².